The molecule has 4 heteroatoms. The van der Waals surface area contributed by atoms with Gasteiger partial charge in [0.2, 0.25) is 0 Å². The molecule has 4 nitrogen and oxygen atoms in total. The Balaban J connectivity index is 1.74. The Morgan fingerprint density at radius 1 is 1.21 bits per heavy atom. The summed E-state index contributed by atoms with van der Waals surface area (Å²) in [7, 11) is 1.74. The Bertz CT molecular complexity index is 348. The highest BCUT2D eigenvalue weighted by atomic mass is 16.5. The predicted molar refractivity (Wildman–Crippen MR) is 77.5 cm³/mol. The zero-order valence-electron chi connectivity index (χ0n) is 11.7. The summed E-state index contributed by atoms with van der Waals surface area (Å²) in [5.41, 5.74) is 2.55. The molecular weight excluding hydrogens is 240 g/mol. The third-order valence-electron chi connectivity index (χ3n) is 3.32. The monoisotopic (exact) mass is 264 g/mol. The van der Waals surface area contributed by atoms with Crippen LogP contribution in [0.15, 0.2) is 24.3 Å². The summed E-state index contributed by atoms with van der Waals surface area (Å²) in [6, 6.07) is 8.72. The van der Waals surface area contributed by atoms with Gasteiger partial charge in [0.05, 0.1) is 13.2 Å². The average molecular weight is 264 g/mol. The number of nitrogens with zero attached hydrogens (tertiary/aromatic N) is 1. The predicted octanol–water partition coefficient (Wildman–Crippen LogP) is 1.97. The second kappa shape index (κ2) is 8.15. The van der Waals surface area contributed by atoms with E-state index in [0.29, 0.717) is 0 Å². The standard InChI is InChI=1S/C15H24N2O2/c1-18-10-2-7-16-15-5-3-14(4-6-15)13-17-8-11-19-12-9-17/h3-6,16H,2,7-13H2,1H3. The summed E-state index contributed by atoms with van der Waals surface area (Å²) in [6.45, 7) is 6.58. The molecule has 0 aliphatic carbocycles. The molecule has 2 rings (SSSR count). The number of methoxy groups -OCH3 is 1. The van der Waals surface area contributed by atoms with E-state index in [0.717, 1.165) is 52.4 Å². The number of morpholine rings is 1. The van der Waals surface area contributed by atoms with E-state index in [-0.39, 0.29) is 0 Å². The van der Waals surface area contributed by atoms with Crippen molar-refractivity contribution in [3.05, 3.63) is 29.8 Å². The summed E-state index contributed by atoms with van der Waals surface area (Å²) < 4.78 is 10.4. The van der Waals surface area contributed by atoms with Crippen LogP contribution in [0.25, 0.3) is 0 Å². The third-order valence-corrected chi connectivity index (χ3v) is 3.32. The molecule has 0 radical (unpaired) electrons. The van der Waals surface area contributed by atoms with Gasteiger partial charge in [-0.05, 0) is 24.1 Å². The molecule has 0 amide bonds. The Kier molecular flexibility index (Phi) is 6.14. The molecule has 0 atom stereocenters. The first kappa shape index (κ1) is 14.3. The molecule has 1 N–H and O–H groups in total. The van der Waals surface area contributed by atoms with Crippen molar-refractivity contribution in [3.63, 3.8) is 0 Å². The first-order valence-electron chi connectivity index (χ1n) is 7.00. The minimum atomic E-state index is 0.808. The van der Waals surface area contributed by atoms with Crippen LogP contribution in [-0.2, 0) is 16.0 Å². The van der Waals surface area contributed by atoms with Crippen LogP contribution < -0.4 is 5.32 Å². The van der Waals surface area contributed by atoms with Gasteiger partial charge in [0.25, 0.3) is 0 Å². The summed E-state index contributed by atoms with van der Waals surface area (Å²) in [6.07, 6.45) is 1.03. The maximum absolute atomic E-state index is 5.36. The third kappa shape index (κ3) is 5.19. The van der Waals surface area contributed by atoms with Crippen molar-refractivity contribution in [3.8, 4) is 0 Å². The minimum Gasteiger partial charge on any atom is -0.385 e. The fraction of sp³-hybridized carbons (Fsp3) is 0.600. The van der Waals surface area contributed by atoms with Crippen molar-refractivity contribution in [2.24, 2.45) is 0 Å². The van der Waals surface area contributed by atoms with Crippen LogP contribution in [0.2, 0.25) is 0 Å². The molecule has 1 heterocycles. The molecule has 1 aromatic rings. The van der Waals surface area contributed by atoms with E-state index in [4.69, 9.17) is 9.47 Å². The number of rotatable bonds is 7. The molecule has 0 saturated carbocycles. The largest absolute Gasteiger partial charge is 0.385 e. The smallest absolute Gasteiger partial charge is 0.0594 e. The van der Waals surface area contributed by atoms with E-state index in [9.17, 15) is 0 Å². The molecule has 106 valence electrons. The fourth-order valence-electron chi connectivity index (χ4n) is 2.19. The van der Waals surface area contributed by atoms with Gasteiger partial charge in [0.15, 0.2) is 0 Å². The van der Waals surface area contributed by atoms with Crippen LogP contribution in [-0.4, -0.2) is 51.5 Å². The molecule has 1 fully saturated rings. The molecule has 0 aromatic heterocycles. The van der Waals surface area contributed by atoms with Crippen molar-refractivity contribution in [1.82, 2.24) is 4.90 Å². The van der Waals surface area contributed by atoms with E-state index in [1.165, 1.54) is 11.3 Å². The zero-order chi connectivity index (χ0) is 13.3. The van der Waals surface area contributed by atoms with E-state index < -0.39 is 0 Å². The second-order valence-electron chi connectivity index (χ2n) is 4.86. The van der Waals surface area contributed by atoms with Gasteiger partial charge in [-0.3, -0.25) is 4.90 Å². The lowest BCUT2D eigenvalue weighted by atomic mass is 10.2. The Morgan fingerprint density at radius 2 is 1.95 bits per heavy atom. The lowest BCUT2D eigenvalue weighted by molar-refractivity contribution is 0.0342. The van der Waals surface area contributed by atoms with Crippen molar-refractivity contribution in [2.75, 3.05) is 51.9 Å². The fourth-order valence-corrected chi connectivity index (χ4v) is 2.19. The van der Waals surface area contributed by atoms with Crippen molar-refractivity contribution < 1.29 is 9.47 Å². The van der Waals surface area contributed by atoms with Gasteiger partial charge in [-0.1, -0.05) is 12.1 Å². The molecule has 1 aliphatic heterocycles. The molecule has 1 aromatic carbocycles. The van der Waals surface area contributed by atoms with Gasteiger partial charge in [0.1, 0.15) is 0 Å². The van der Waals surface area contributed by atoms with Crippen molar-refractivity contribution in [1.29, 1.82) is 0 Å². The highest BCUT2D eigenvalue weighted by Crippen LogP contribution is 2.12. The van der Waals surface area contributed by atoms with Gasteiger partial charge < -0.3 is 14.8 Å². The number of hydrogen-bond donors (Lipinski definition) is 1. The molecule has 1 saturated heterocycles. The first-order valence-corrected chi connectivity index (χ1v) is 7.00. The minimum absolute atomic E-state index is 0.808. The highest BCUT2D eigenvalue weighted by molar-refractivity contribution is 5.44. The van der Waals surface area contributed by atoms with Crippen LogP contribution in [0.5, 0.6) is 0 Å². The van der Waals surface area contributed by atoms with Crippen LogP contribution in [0.3, 0.4) is 0 Å². The van der Waals surface area contributed by atoms with Crippen LogP contribution in [0.1, 0.15) is 12.0 Å². The average Bonchev–Trinajstić information content (AvgIpc) is 2.46. The summed E-state index contributed by atoms with van der Waals surface area (Å²) in [5.74, 6) is 0. The Labute approximate surface area is 115 Å². The van der Waals surface area contributed by atoms with Crippen molar-refractivity contribution in [2.45, 2.75) is 13.0 Å². The van der Waals surface area contributed by atoms with Crippen LogP contribution in [0, 0.1) is 0 Å². The molecule has 0 bridgehead atoms. The zero-order valence-corrected chi connectivity index (χ0v) is 11.7. The maximum Gasteiger partial charge on any atom is 0.0594 e. The van der Waals surface area contributed by atoms with E-state index in [1.807, 2.05) is 0 Å². The van der Waals surface area contributed by atoms with Crippen molar-refractivity contribution >= 4 is 5.69 Å². The van der Waals surface area contributed by atoms with E-state index >= 15 is 0 Å². The van der Waals surface area contributed by atoms with Gasteiger partial charge in [-0.25, -0.2) is 0 Å². The lowest BCUT2D eigenvalue weighted by Gasteiger charge is -2.26. The summed E-state index contributed by atoms with van der Waals surface area (Å²) in [4.78, 5) is 2.44. The topological polar surface area (TPSA) is 33.7 Å². The van der Waals surface area contributed by atoms with Crippen LogP contribution in [0.4, 0.5) is 5.69 Å². The molecule has 0 unspecified atom stereocenters. The van der Waals surface area contributed by atoms with Gasteiger partial charge in [-0.2, -0.15) is 0 Å². The van der Waals surface area contributed by atoms with E-state index in [2.05, 4.69) is 34.5 Å². The normalized spacial score (nSPS) is 16.5. The van der Waals surface area contributed by atoms with Gasteiger partial charge >= 0.3 is 0 Å². The molecule has 19 heavy (non-hydrogen) atoms. The number of anilines is 1. The quantitative estimate of drug-likeness (QED) is 0.763. The number of hydrogen-bond acceptors (Lipinski definition) is 4. The number of benzene rings is 1. The lowest BCUT2D eigenvalue weighted by Crippen LogP contribution is -2.35. The Morgan fingerprint density at radius 3 is 2.63 bits per heavy atom. The van der Waals surface area contributed by atoms with Crippen LogP contribution >= 0.6 is 0 Å². The maximum atomic E-state index is 5.36. The van der Waals surface area contributed by atoms with Gasteiger partial charge in [0, 0.05) is 45.6 Å². The first-order chi connectivity index (χ1) is 9.38. The Hall–Kier alpha value is -1.10. The van der Waals surface area contributed by atoms with E-state index in [1.54, 1.807) is 7.11 Å². The second-order valence-corrected chi connectivity index (χ2v) is 4.86. The molecular formula is C15H24N2O2. The molecule has 1 aliphatic rings. The number of ether oxygens (including phenoxy) is 2. The summed E-state index contributed by atoms with van der Waals surface area (Å²) in [5, 5.41) is 3.40. The highest BCUT2D eigenvalue weighted by Gasteiger charge is 2.10. The SMILES string of the molecule is COCCCNc1ccc(CN2CCOCC2)cc1. The summed E-state index contributed by atoms with van der Waals surface area (Å²) >= 11 is 0. The molecule has 0 spiro atoms. The number of nitrogens with one attached hydrogen (secondary N) is 1. The van der Waals surface area contributed by atoms with Gasteiger partial charge in [-0.15, -0.1) is 0 Å².